The smallest absolute Gasteiger partial charge is 0.260 e. The third kappa shape index (κ3) is 6.16. The second-order valence-electron chi connectivity index (χ2n) is 5.02. The molecule has 1 atom stereocenters. The Balaban J connectivity index is 1.65. The highest BCUT2D eigenvalue weighted by Gasteiger charge is 2.15. The Morgan fingerprint density at radius 1 is 1.17 bits per heavy atom. The number of ether oxygens (including phenoxy) is 1. The van der Waals surface area contributed by atoms with Gasteiger partial charge in [-0.1, -0.05) is 54.1 Å². The summed E-state index contributed by atoms with van der Waals surface area (Å²) in [6.07, 6.45) is -0.575. The Morgan fingerprint density at radius 2 is 1.87 bits per heavy atom. The number of halogens is 1. The molecule has 0 heterocycles. The molecule has 0 spiro atoms. The van der Waals surface area contributed by atoms with Gasteiger partial charge >= 0.3 is 0 Å². The molecule has 23 heavy (non-hydrogen) atoms. The summed E-state index contributed by atoms with van der Waals surface area (Å²) in [6, 6.07) is 17.4. The summed E-state index contributed by atoms with van der Waals surface area (Å²) in [6.45, 7) is 2.34. The van der Waals surface area contributed by atoms with Gasteiger partial charge in [-0.3, -0.25) is 4.79 Å². The molecule has 2 aromatic carbocycles. The quantitative estimate of drug-likeness (QED) is 0.727. The Hall–Kier alpha value is -1.65. The first kappa shape index (κ1) is 17.7. The van der Waals surface area contributed by atoms with Crippen LogP contribution in [0.3, 0.4) is 0 Å². The molecule has 1 N–H and O–H groups in total. The second-order valence-corrected chi connectivity index (χ2v) is 6.53. The molecular formula is C18H20ClNO2S. The molecule has 0 saturated heterocycles. The molecular weight excluding hydrogens is 330 g/mol. The molecule has 2 aromatic rings. The molecule has 0 saturated carbocycles. The lowest BCUT2D eigenvalue weighted by Gasteiger charge is -2.15. The van der Waals surface area contributed by atoms with E-state index in [0.29, 0.717) is 17.3 Å². The van der Waals surface area contributed by atoms with Gasteiger partial charge in [-0.15, -0.1) is 0 Å². The van der Waals surface area contributed by atoms with Crippen LogP contribution in [0.2, 0.25) is 5.02 Å². The predicted octanol–water partition coefficient (Wildman–Crippen LogP) is 4.16. The van der Waals surface area contributed by atoms with Crippen molar-refractivity contribution >= 4 is 29.3 Å². The zero-order valence-electron chi connectivity index (χ0n) is 13.0. The lowest BCUT2D eigenvalue weighted by molar-refractivity contribution is -0.127. The van der Waals surface area contributed by atoms with Gasteiger partial charge < -0.3 is 10.1 Å². The minimum absolute atomic E-state index is 0.134. The van der Waals surface area contributed by atoms with Crippen molar-refractivity contribution in [2.75, 3.05) is 12.3 Å². The topological polar surface area (TPSA) is 38.3 Å². The number of rotatable bonds is 8. The van der Waals surface area contributed by atoms with Gasteiger partial charge in [0.1, 0.15) is 5.75 Å². The van der Waals surface area contributed by atoms with E-state index in [2.05, 4.69) is 17.4 Å². The highest BCUT2D eigenvalue weighted by atomic mass is 35.5. The number of benzene rings is 2. The van der Waals surface area contributed by atoms with E-state index < -0.39 is 6.10 Å². The van der Waals surface area contributed by atoms with Crippen LogP contribution in [0, 0.1) is 0 Å². The van der Waals surface area contributed by atoms with Gasteiger partial charge in [-0.05, 0) is 24.6 Å². The van der Waals surface area contributed by atoms with Crippen molar-refractivity contribution in [1.29, 1.82) is 0 Å². The first-order valence-corrected chi connectivity index (χ1v) is 9.00. The molecule has 0 aliphatic heterocycles. The Kier molecular flexibility index (Phi) is 7.30. The zero-order chi connectivity index (χ0) is 16.5. The standard InChI is InChI=1S/C18H20ClNO2S/c1-14(22-17-10-6-5-9-16(17)19)18(21)20-11-12-23-13-15-7-3-2-4-8-15/h2-10,14H,11-13H2,1H3,(H,20,21). The lowest BCUT2D eigenvalue weighted by Crippen LogP contribution is -2.37. The van der Waals surface area contributed by atoms with Crippen LogP contribution in [-0.4, -0.2) is 24.3 Å². The number of carbonyl (C=O) groups is 1. The predicted molar refractivity (Wildman–Crippen MR) is 97.2 cm³/mol. The molecule has 0 radical (unpaired) electrons. The molecule has 0 aromatic heterocycles. The third-order valence-electron chi connectivity index (χ3n) is 3.17. The molecule has 5 heteroatoms. The lowest BCUT2D eigenvalue weighted by atomic mass is 10.2. The van der Waals surface area contributed by atoms with Crippen LogP contribution in [0.4, 0.5) is 0 Å². The molecule has 0 aliphatic carbocycles. The van der Waals surface area contributed by atoms with E-state index in [1.165, 1.54) is 5.56 Å². The van der Waals surface area contributed by atoms with Crippen LogP contribution < -0.4 is 10.1 Å². The van der Waals surface area contributed by atoms with Crippen molar-refractivity contribution < 1.29 is 9.53 Å². The molecule has 0 bridgehead atoms. The molecule has 1 unspecified atom stereocenters. The molecule has 0 aliphatic rings. The van der Waals surface area contributed by atoms with Crippen molar-refractivity contribution in [2.24, 2.45) is 0 Å². The van der Waals surface area contributed by atoms with Gasteiger partial charge in [0.05, 0.1) is 5.02 Å². The molecule has 2 rings (SSSR count). The van der Waals surface area contributed by atoms with E-state index in [4.69, 9.17) is 16.3 Å². The minimum atomic E-state index is -0.575. The van der Waals surface area contributed by atoms with Crippen molar-refractivity contribution in [1.82, 2.24) is 5.32 Å². The fraction of sp³-hybridized carbons (Fsp3) is 0.278. The molecule has 1 amide bonds. The fourth-order valence-electron chi connectivity index (χ4n) is 1.94. The Morgan fingerprint density at radius 3 is 2.61 bits per heavy atom. The number of carbonyl (C=O) groups excluding carboxylic acids is 1. The van der Waals surface area contributed by atoms with Crippen LogP contribution >= 0.6 is 23.4 Å². The van der Waals surface area contributed by atoms with Gasteiger partial charge in [0.2, 0.25) is 0 Å². The van der Waals surface area contributed by atoms with Gasteiger partial charge in [-0.25, -0.2) is 0 Å². The summed E-state index contributed by atoms with van der Waals surface area (Å²) in [5, 5.41) is 3.39. The van der Waals surface area contributed by atoms with Gasteiger partial charge in [0.25, 0.3) is 5.91 Å². The number of hydrogen-bond acceptors (Lipinski definition) is 3. The van der Waals surface area contributed by atoms with E-state index in [9.17, 15) is 4.79 Å². The maximum atomic E-state index is 12.0. The normalized spacial score (nSPS) is 11.7. The summed E-state index contributed by atoms with van der Waals surface area (Å²) in [4.78, 5) is 12.0. The molecule has 3 nitrogen and oxygen atoms in total. The molecule has 122 valence electrons. The van der Waals surface area contributed by atoms with E-state index in [-0.39, 0.29) is 5.91 Å². The monoisotopic (exact) mass is 349 g/mol. The van der Waals surface area contributed by atoms with Crippen molar-refractivity contribution in [3.05, 3.63) is 65.2 Å². The van der Waals surface area contributed by atoms with E-state index in [1.807, 2.05) is 30.3 Å². The second kappa shape index (κ2) is 9.48. The van der Waals surface area contributed by atoms with Crippen LogP contribution in [0.5, 0.6) is 5.75 Å². The van der Waals surface area contributed by atoms with Gasteiger partial charge in [-0.2, -0.15) is 11.8 Å². The zero-order valence-corrected chi connectivity index (χ0v) is 14.6. The number of nitrogens with one attached hydrogen (secondary N) is 1. The minimum Gasteiger partial charge on any atom is -0.479 e. The van der Waals surface area contributed by atoms with Crippen molar-refractivity contribution in [3.63, 3.8) is 0 Å². The SMILES string of the molecule is CC(Oc1ccccc1Cl)C(=O)NCCSCc1ccccc1. The van der Waals surface area contributed by atoms with E-state index in [1.54, 1.807) is 30.8 Å². The van der Waals surface area contributed by atoms with Crippen LogP contribution in [0.15, 0.2) is 54.6 Å². The maximum Gasteiger partial charge on any atom is 0.260 e. The number of thioether (sulfide) groups is 1. The fourth-order valence-corrected chi connectivity index (χ4v) is 2.94. The summed E-state index contributed by atoms with van der Waals surface area (Å²) < 4.78 is 5.58. The van der Waals surface area contributed by atoms with E-state index >= 15 is 0 Å². The molecule has 0 fully saturated rings. The summed E-state index contributed by atoms with van der Waals surface area (Å²) in [5.74, 6) is 2.20. The van der Waals surface area contributed by atoms with Gasteiger partial charge in [0, 0.05) is 18.1 Å². The van der Waals surface area contributed by atoms with Crippen LogP contribution in [-0.2, 0) is 10.5 Å². The number of amides is 1. The maximum absolute atomic E-state index is 12.0. The Bertz CT molecular complexity index is 621. The summed E-state index contributed by atoms with van der Waals surface area (Å²) >= 11 is 7.81. The van der Waals surface area contributed by atoms with Crippen molar-refractivity contribution in [2.45, 2.75) is 18.8 Å². The number of hydrogen-bond donors (Lipinski definition) is 1. The summed E-state index contributed by atoms with van der Waals surface area (Å²) in [5.41, 5.74) is 1.29. The largest absolute Gasteiger partial charge is 0.479 e. The van der Waals surface area contributed by atoms with Gasteiger partial charge in [0.15, 0.2) is 6.10 Å². The highest BCUT2D eigenvalue weighted by Crippen LogP contribution is 2.24. The third-order valence-corrected chi connectivity index (χ3v) is 4.51. The van der Waals surface area contributed by atoms with Crippen molar-refractivity contribution in [3.8, 4) is 5.75 Å². The average Bonchev–Trinajstić information content (AvgIpc) is 2.57. The average molecular weight is 350 g/mol. The Labute approximate surface area is 146 Å². The van der Waals surface area contributed by atoms with Crippen LogP contribution in [0.25, 0.3) is 0 Å². The number of para-hydroxylation sites is 1. The first-order valence-electron chi connectivity index (χ1n) is 7.47. The highest BCUT2D eigenvalue weighted by molar-refractivity contribution is 7.98. The first-order chi connectivity index (χ1) is 11.2. The summed E-state index contributed by atoms with van der Waals surface area (Å²) in [7, 11) is 0. The van der Waals surface area contributed by atoms with E-state index in [0.717, 1.165) is 11.5 Å². The van der Waals surface area contributed by atoms with Crippen LogP contribution in [0.1, 0.15) is 12.5 Å².